The number of ether oxygens (including phenoxy) is 1. The van der Waals surface area contributed by atoms with Gasteiger partial charge in [0.25, 0.3) is 5.91 Å². The van der Waals surface area contributed by atoms with E-state index in [-0.39, 0.29) is 19.1 Å². The third-order valence-electron chi connectivity index (χ3n) is 6.06. The summed E-state index contributed by atoms with van der Waals surface area (Å²) < 4.78 is 5.82. The number of aliphatic hydroxyl groups excluding tert-OH is 1. The molecule has 2 aliphatic rings. The lowest BCUT2D eigenvalue weighted by Gasteiger charge is -2.33. The Labute approximate surface area is 160 Å². The molecule has 3 amide bonds. The number of nitrogens with one attached hydrogen (secondary N) is 1. The Kier molecular flexibility index (Phi) is 5.47. The van der Waals surface area contributed by atoms with E-state index < -0.39 is 17.7 Å². The second-order valence-corrected chi connectivity index (χ2v) is 8.23. The molecule has 1 saturated carbocycles. The second-order valence-electron chi connectivity index (χ2n) is 8.23. The predicted molar refractivity (Wildman–Crippen MR) is 103 cm³/mol. The predicted octanol–water partition coefficient (Wildman–Crippen LogP) is 2.85. The number of hydrogen-bond donors (Lipinski definition) is 2. The SMILES string of the molecule is Cc1ccc(C)c(OCC(O)CN2C(=O)NC3(CCC(C)CC3)C2=O)c1C. The van der Waals surface area contributed by atoms with Crippen molar-refractivity contribution in [3.05, 3.63) is 28.8 Å². The summed E-state index contributed by atoms with van der Waals surface area (Å²) in [7, 11) is 0. The highest BCUT2D eigenvalue weighted by Gasteiger charge is 2.52. The van der Waals surface area contributed by atoms with Gasteiger partial charge in [-0.3, -0.25) is 9.69 Å². The Morgan fingerprint density at radius 2 is 1.85 bits per heavy atom. The lowest BCUT2D eigenvalue weighted by molar-refractivity contribution is -0.133. The maximum absolute atomic E-state index is 12.9. The maximum atomic E-state index is 12.9. The lowest BCUT2D eigenvalue weighted by atomic mass is 9.77. The van der Waals surface area contributed by atoms with Crippen LogP contribution in [0.2, 0.25) is 0 Å². The van der Waals surface area contributed by atoms with E-state index in [0.717, 1.165) is 40.2 Å². The number of imide groups is 1. The minimum atomic E-state index is -0.934. The monoisotopic (exact) mass is 374 g/mol. The number of hydrogen-bond acceptors (Lipinski definition) is 4. The topological polar surface area (TPSA) is 78.9 Å². The molecular weight excluding hydrogens is 344 g/mol. The van der Waals surface area contributed by atoms with E-state index in [0.29, 0.717) is 18.8 Å². The molecule has 1 aromatic carbocycles. The van der Waals surface area contributed by atoms with E-state index in [1.54, 1.807) is 0 Å². The molecule has 3 rings (SSSR count). The number of carbonyl (C=O) groups is 2. The standard InChI is InChI=1S/C21H30N2O4/c1-13-7-9-21(10-8-13)19(25)23(20(26)22-21)11-17(24)12-27-18-15(3)6-5-14(2)16(18)4/h5-6,13,17,24H,7-12H2,1-4H3,(H,22,26). The highest BCUT2D eigenvalue weighted by Crippen LogP contribution is 2.36. The number of amides is 3. The van der Waals surface area contributed by atoms with Crippen LogP contribution in [0.4, 0.5) is 4.79 Å². The van der Waals surface area contributed by atoms with Gasteiger partial charge in [-0.15, -0.1) is 0 Å². The molecule has 0 bridgehead atoms. The molecule has 1 aliphatic carbocycles. The zero-order chi connectivity index (χ0) is 19.8. The largest absolute Gasteiger partial charge is 0.490 e. The summed E-state index contributed by atoms with van der Waals surface area (Å²) in [6.45, 7) is 8.10. The van der Waals surface area contributed by atoms with Gasteiger partial charge in [0.05, 0.1) is 6.54 Å². The molecule has 6 nitrogen and oxygen atoms in total. The van der Waals surface area contributed by atoms with Crippen LogP contribution in [0.5, 0.6) is 5.75 Å². The van der Waals surface area contributed by atoms with Crippen LogP contribution in [0, 0.1) is 26.7 Å². The van der Waals surface area contributed by atoms with Crippen molar-refractivity contribution in [2.45, 2.75) is 65.0 Å². The number of aliphatic hydroxyl groups is 1. The van der Waals surface area contributed by atoms with Gasteiger partial charge in [-0.2, -0.15) is 0 Å². The lowest BCUT2D eigenvalue weighted by Crippen LogP contribution is -2.49. The molecule has 0 radical (unpaired) electrons. The summed E-state index contributed by atoms with van der Waals surface area (Å²) in [5.41, 5.74) is 2.38. The van der Waals surface area contributed by atoms with Crippen molar-refractivity contribution in [2.75, 3.05) is 13.2 Å². The van der Waals surface area contributed by atoms with Crippen LogP contribution >= 0.6 is 0 Å². The second kappa shape index (κ2) is 7.50. The van der Waals surface area contributed by atoms with Gasteiger partial charge in [0.2, 0.25) is 0 Å². The molecule has 148 valence electrons. The molecule has 1 heterocycles. The number of carbonyl (C=O) groups excluding carboxylic acids is 2. The summed E-state index contributed by atoms with van der Waals surface area (Å²) in [6.07, 6.45) is 2.26. The number of aryl methyl sites for hydroxylation is 2. The molecule has 2 fully saturated rings. The first kappa shape index (κ1) is 19.7. The van der Waals surface area contributed by atoms with E-state index in [1.807, 2.05) is 32.9 Å². The zero-order valence-electron chi connectivity index (χ0n) is 16.7. The highest BCUT2D eigenvalue weighted by molar-refractivity contribution is 6.07. The van der Waals surface area contributed by atoms with Crippen molar-refractivity contribution < 1.29 is 19.4 Å². The fourth-order valence-electron chi connectivity index (χ4n) is 4.03. The summed E-state index contributed by atoms with van der Waals surface area (Å²) >= 11 is 0. The van der Waals surface area contributed by atoms with Crippen LogP contribution in [0.3, 0.4) is 0 Å². The van der Waals surface area contributed by atoms with Gasteiger partial charge < -0.3 is 15.2 Å². The molecule has 0 aromatic heterocycles. The van der Waals surface area contributed by atoms with Crippen LogP contribution in [0.1, 0.15) is 49.3 Å². The number of benzene rings is 1. The third-order valence-corrected chi connectivity index (χ3v) is 6.06. The van der Waals surface area contributed by atoms with Crippen LogP contribution in [0.25, 0.3) is 0 Å². The van der Waals surface area contributed by atoms with Crippen molar-refractivity contribution in [1.29, 1.82) is 0 Å². The van der Waals surface area contributed by atoms with Gasteiger partial charge in [-0.25, -0.2) is 4.79 Å². The number of urea groups is 1. The normalized spacial score (nSPS) is 26.4. The fraction of sp³-hybridized carbons (Fsp3) is 0.619. The summed E-state index contributed by atoms with van der Waals surface area (Å²) in [4.78, 5) is 26.3. The first-order valence-corrected chi connectivity index (χ1v) is 9.75. The van der Waals surface area contributed by atoms with E-state index in [4.69, 9.17) is 4.74 Å². The molecular formula is C21H30N2O4. The average molecular weight is 374 g/mol. The van der Waals surface area contributed by atoms with Crippen molar-refractivity contribution in [3.63, 3.8) is 0 Å². The minimum absolute atomic E-state index is 0.0340. The zero-order valence-corrected chi connectivity index (χ0v) is 16.7. The number of nitrogens with zero attached hydrogens (tertiary/aromatic N) is 1. The van der Waals surface area contributed by atoms with E-state index in [2.05, 4.69) is 12.2 Å². The highest BCUT2D eigenvalue weighted by atomic mass is 16.5. The van der Waals surface area contributed by atoms with Crippen molar-refractivity contribution >= 4 is 11.9 Å². The summed E-state index contributed by atoms with van der Waals surface area (Å²) in [5.74, 6) is 1.12. The van der Waals surface area contributed by atoms with Crippen LogP contribution in [0.15, 0.2) is 12.1 Å². The van der Waals surface area contributed by atoms with Gasteiger partial charge in [0, 0.05) is 0 Å². The first-order chi connectivity index (χ1) is 12.7. The van der Waals surface area contributed by atoms with Crippen molar-refractivity contribution in [2.24, 2.45) is 5.92 Å². The van der Waals surface area contributed by atoms with E-state index >= 15 is 0 Å². The molecule has 2 N–H and O–H groups in total. The Morgan fingerprint density at radius 1 is 1.22 bits per heavy atom. The third kappa shape index (κ3) is 3.81. The van der Waals surface area contributed by atoms with Crippen LogP contribution in [-0.2, 0) is 4.79 Å². The average Bonchev–Trinajstić information content (AvgIpc) is 2.85. The van der Waals surface area contributed by atoms with Gasteiger partial charge in [-0.1, -0.05) is 19.1 Å². The van der Waals surface area contributed by atoms with Crippen molar-refractivity contribution in [3.8, 4) is 5.75 Å². The minimum Gasteiger partial charge on any atom is -0.490 e. The van der Waals surface area contributed by atoms with Gasteiger partial charge in [-0.05, 0) is 69.1 Å². The quantitative estimate of drug-likeness (QED) is 0.777. The number of β-amino-alcohol motifs (C(OH)–C–C–N with tert-alkyl or cyclic N) is 1. The Morgan fingerprint density at radius 3 is 2.52 bits per heavy atom. The molecule has 27 heavy (non-hydrogen) atoms. The molecule has 1 spiro atoms. The molecule has 1 atom stereocenters. The van der Waals surface area contributed by atoms with Gasteiger partial charge in [0.15, 0.2) is 0 Å². The first-order valence-electron chi connectivity index (χ1n) is 9.75. The Balaban J connectivity index is 1.61. The maximum Gasteiger partial charge on any atom is 0.325 e. The van der Waals surface area contributed by atoms with Crippen LogP contribution in [-0.4, -0.2) is 46.7 Å². The summed E-state index contributed by atoms with van der Waals surface area (Å²) in [6, 6.07) is 3.61. The van der Waals surface area contributed by atoms with Gasteiger partial charge >= 0.3 is 6.03 Å². The van der Waals surface area contributed by atoms with Crippen molar-refractivity contribution in [1.82, 2.24) is 10.2 Å². The molecule has 1 aromatic rings. The molecule has 1 unspecified atom stereocenters. The van der Waals surface area contributed by atoms with E-state index in [9.17, 15) is 14.7 Å². The Hall–Kier alpha value is -2.08. The smallest absolute Gasteiger partial charge is 0.325 e. The Bertz CT molecular complexity index is 738. The molecule has 1 aliphatic heterocycles. The molecule has 1 saturated heterocycles. The fourth-order valence-corrected chi connectivity index (χ4v) is 4.03. The summed E-state index contributed by atoms with van der Waals surface area (Å²) in [5, 5.41) is 13.3. The van der Waals surface area contributed by atoms with Crippen LogP contribution < -0.4 is 10.1 Å². The van der Waals surface area contributed by atoms with E-state index in [1.165, 1.54) is 0 Å². The number of rotatable bonds is 5. The molecule has 6 heteroatoms. The van der Waals surface area contributed by atoms with Gasteiger partial charge in [0.1, 0.15) is 24.0 Å².